The maximum atomic E-state index is 12.7. The van der Waals surface area contributed by atoms with E-state index in [1.807, 2.05) is 78.9 Å². The molecule has 0 saturated carbocycles. The molecule has 3 aromatic rings. The number of nitrogens with one attached hydrogen (secondary N) is 2. The van der Waals surface area contributed by atoms with Crippen LogP contribution in [0.5, 0.6) is 11.5 Å². The molecule has 0 radical (unpaired) electrons. The van der Waals surface area contributed by atoms with E-state index < -0.39 is 6.04 Å². The summed E-state index contributed by atoms with van der Waals surface area (Å²) in [5.74, 6) is 6.57. The molecule has 1 saturated heterocycles. The van der Waals surface area contributed by atoms with Gasteiger partial charge in [-0.05, 0) is 47.5 Å². The number of hydrazine groups is 1. The summed E-state index contributed by atoms with van der Waals surface area (Å²) in [4.78, 5) is 26.3. The lowest BCUT2D eigenvalue weighted by Gasteiger charge is -2.14. The number of amides is 3. The molecule has 0 bridgehead atoms. The molecule has 4 N–H and O–H groups in total. The summed E-state index contributed by atoms with van der Waals surface area (Å²) in [6, 6.07) is 23.3. The minimum atomic E-state index is -0.574. The van der Waals surface area contributed by atoms with E-state index in [1.54, 1.807) is 0 Å². The van der Waals surface area contributed by atoms with Gasteiger partial charge in [-0.1, -0.05) is 42.5 Å². The standard InChI is InChI=1S/C23H22N4O3/c24-26-18-10-6-16(7-11-18)14-21-22(28)27(23(29)25-21)15-17-8-12-20(13-9-17)30-19-4-2-1-3-5-19/h1-13,21,26H,14-15,24H2,(H,25,29). The third-order valence-corrected chi connectivity index (χ3v) is 4.91. The third kappa shape index (κ3) is 4.42. The van der Waals surface area contributed by atoms with Gasteiger partial charge in [-0.3, -0.25) is 15.5 Å². The maximum Gasteiger partial charge on any atom is 0.325 e. The molecule has 30 heavy (non-hydrogen) atoms. The highest BCUT2D eigenvalue weighted by molar-refractivity contribution is 6.04. The number of para-hydroxylation sites is 1. The van der Waals surface area contributed by atoms with Crippen LogP contribution in [0.25, 0.3) is 0 Å². The van der Waals surface area contributed by atoms with E-state index >= 15 is 0 Å². The van der Waals surface area contributed by atoms with Crippen molar-refractivity contribution in [1.82, 2.24) is 10.2 Å². The summed E-state index contributed by atoms with van der Waals surface area (Å²) in [5.41, 5.74) is 5.13. The highest BCUT2D eigenvalue weighted by Gasteiger charge is 2.37. The Morgan fingerprint density at radius 2 is 1.50 bits per heavy atom. The number of rotatable bonds is 7. The zero-order valence-corrected chi connectivity index (χ0v) is 16.2. The van der Waals surface area contributed by atoms with Gasteiger partial charge in [0.25, 0.3) is 5.91 Å². The fourth-order valence-electron chi connectivity index (χ4n) is 3.31. The van der Waals surface area contributed by atoms with Gasteiger partial charge in [-0.15, -0.1) is 0 Å². The summed E-state index contributed by atoms with van der Waals surface area (Å²) >= 11 is 0. The second kappa shape index (κ2) is 8.67. The molecule has 4 rings (SSSR count). The summed E-state index contributed by atoms with van der Waals surface area (Å²) in [7, 11) is 0. The summed E-state index contributed by atoms with van der Waals surface area (Å²) in [6.07, 6.45) is 0.426. The van der Waals surface area contributed by atoms with Crippen molar-refractivity contribution in [2.45, 2.75) is 19.0 Å². The number of benzene rings is 3. The number of nitrogens with zero attached hydrogens (tertiary/aromatic N) is 1. The van der Waals surface area contributed by atoms with Crippen LogP contribution >= 0.6 is 0 Å². The fraction of sp³-hybridized carbons (Fsp3) is 0.130. The Bertz CT molecular complexity index is 1020. The second-order valence-electron chi connectivity index (χ2n) is 7.03. The number of hydrogen-bond donors (Lipinski definition) is 3. The van der Waals surface area contributed by atoms with Crippen LogP contribution in [-0.2, 0) is 17.8 Å². The van der Waals surface area contributed by atoms with E-state index in [4.69, 9.17) is 10.6 Å². The Morgan fingerprint density at radius 1 is 0.867 bits per heavy atom. The van der Waals surface area contributed by atoms with Crippen LogP contribution in [0.2, 0.25) is 0 Å². The van der Waals surface area contributed by atoms with Crippen molar-refractivity contribution >= 4 is 17.6 Å². The number of nitrogen functional groups attached to an aromatic ring is 1. The van der Waals surface area contributed by atoms with Crippen molar-refractivity contribution < 1.29 is 14.3 Å². The molecule has 0 aliphatic carbocycles. The van der Waals surface area contributed by atoms with Crippen molar-refractivity contribution in [3.8, 4) is 11.5 Å². The van der Waals surface area contributed by atoms with Crippen molar-refractivity contribution in [1.29, 1.82) is 0 Å². The molecule has 1 atom stereocenters. The van der Waals surface area contributed by atoms with Gasteiger partial charge in [0.1, 0.15) is 17.5 Å². The van der Waals surface area contributed by atoms with E-state index in [9.17, 15) is 9.59 Å². The zero-order valence-electron chi connectivity index (χ0n) is 16.2. The first-order valence-corrected chi connectivity index (χ1v) is 9.61. The predicted molar refractivity (Wildman–Crippen MR) is 114 cm³/mol. The Labute approximate surface area is 174 Å². The first-order valence-electron chi connectivity index (χ1n) is 9.61. The lowest BCUT2D eigenvalue weighted by atomic mass is 10.1. The van der Waals surface area contributed by atoms with Crippen molar-refractivity contribution in [3.05, 3.63) is 90.0 Å². The van der Waals surface area contributed by atoms with Gasteiger partial charge in [0.05, 0.1) is 6.54 Å². The molecule has 1 unspecified atom stereocenters. The van der Waals surface area contributed by atoms with Gasteiger partial charge >= 0.3 is 6.03 Å². The third-order valence-electron chi connectivity index (χ3n) is 4.91. The SMILES string of the molecule is NNc1ccc(CC2NC(=O)N(Cc3ccc(Oc4ccccc4)cc3)C2=O)cc1. The van der Waals surface area contributed by atoms with Crippen LogP contribution in [0, 0.1) is 0 Å². The van der Waals surface area contributed by atoms with E-state index in [2.05, 4.69) is 10.7 Å². The Hall–Kier alpha value is -3.84. The van der Waals surface area contributed by atoms with Crippen molar-refractivity contribution in [2.24, 2.45) is 5.84 Å². The molecular weight excluding hydrogens is 380 g/mol. The number of urea groups is 1. The predicted octanol–water partition coefficient (Wildman–Crippen LogP) is 3.43. The molecule has 1 heterocycles. The van der Waals surface area contributed by atoms with Gasteiger partial charge in [-0.2, -0.15) is 0 Å². The van der Waals surface area contributed by atoms with Crippen LogP contribution < -0.4 is 21.3 Å². The zero-order chi connectivity index (χ0) is 20.9. The number of nitrogens with two attached hydrogens (primary N) is 1. The Morgan fingerprint density at radius 3 is 2.17 bits per heavy atom. The highest BCUT2D eigenvalue weighted by Crippen LogP contribution is 2.22. The van der Waals surface area contributed by atoms with Gasteiger partial charge in [-0.25, -0.2) is 4.79 Å². The normalized spacial score (nSPS) is 15.8. The summed E-state index contributed by atoms with van der Waals surface area (Å²) in [6.45, 7) is 0.211. The maximum absolute atomic E-state index is 12.7. The van der Waals surface area contributed by atoms with E-state index in [1.165, 1.54) is 4.90 Å². The first-order chi connectivity index (χ1) is 14.6. The van der Waals surface area contributed by atoms with Crippen LogP contribution in [0.1, 0.15) is 11.1 Å². The average Bonchev–Trinajstić information content (AvgIpc) is 3.03. The van der Waals surface area contributed by atoms with Gasteiger partial charge in [0, 0.05) is 12.1 Å². The minimum Gasteiger partial charge on any atom is -0.457 e. The number of hydrogen-bond acceptors (Lipinski definition) is 5. The van der Waals surface area contributed by atoms with Gasteiger partial charge in [0.2, 0.25) is 0 Å². The molecule has 0 aromatic heterocycles. The smallest absolute Gasteiger partial charge is 0.325 e. The molecule has 3 amide bonds. The quantitative estimate of drug-likeness (QED) is 0.320. The molecule has 0 spiro atoms. The summed E-state index contributed by atoms with van der Waals surface area (Å²) in [5, 5.41) is 2.77. The van der Waals surface area contributed by atoms with Crippen LogP contribution in [-0.4, -0.2) is 22.9 Å². The molecule has 1 aliphatic rings. The number of ether oxygens (including phenoxy) is 1. The Kier molecular flexibility index (Phi) is 5.63. The van der Waals surface area contributed by atoms with Crippen molar-refractivity contribution in [2.75, 3.05) is 5.43 Å². The van der Waals surface area contributed by atoms with E-state index in [0.717, 1.165) is 22.6 Å². The minimum absolute atomic E-state index is 0.211. The topological polar surface area (TPSA) is 96.7 Å². The number of carbonyl (C=O) groups excluding carboxylic acids is 2. The molecule has 152 valence electrons. The lowest BCUT2D eigenvalue weighted by Crippen LogP contribution is -2.32. The number of imide groups is 1. The van der Waals surface area contributed by atoms with Crippen LogP contribution in [0.3, 0.4) is 0 Å². The highest BCUT2D eigenvalue weighted by atomic mass is 16.5. The van der Waals surface area contributed by atoms with Crippen LogP contribution in [0.15, 0.2) is 78.9 Å². The van der Waals surface area contributed by atoms with Gasteiger partial charge < -0.3 is 15.5 Å². The van der Waals surface area contributed by atoms with Crippen LogP contribution in [0.4, 0.5) is 10.5 Å². The average molecular weight is 402 g/mol. The number of carbonyl (C=O) groups is 2. The lowest BCUT2D eigenvalue weighted by molar-refractivity contribution is -0.127. The van der Waals surface area contributed by atoms with E-state index in [-0.39, 0.29) is 18.5 Å². The first kappa shape index (κ1) is 19.5. The molecule has 7 nitrogen and oxygen atoms in total. The molecule has 7 heteroatoms. The molecular formula is C23H22N4O3. The monoisotopic (exact) mass is 402 g/mol. The molecule has 1 aliphatic heterocycles. The van der Waals surface area contributed by atoms with Gasteiger partial charge in [0.15, 0.2) is 0 Å². The second-order valence-corrected chi connectivity index (χ2v) is 7.03. The van der Waals surface area contributed by atoms with E-state index in [0.29, 0.717) is 12.2 Å². The molecule has 1 fully saturated rings. The van der Waals surface area contributed by atoms with Crippen molar-refractivity contribution in [3.63, 3.8) is 0 Å². The largest absolute Gasteiger partial charge is 0.457 e. The number of anilines is 1. The Balaban J connectivity index is 1.38. The summed E-state index contributed by atoms with van der Waals surface area (Å²) < 4.78 is 5.77. The molecule has 3 aromatic carbocycles. The fourth-order valence-corrected chi connectivity index (χ4v) is 3.31.